The maximum absolute atomic E-state index is 13.4. The zero-order valence-electron chi connectivity index (χ0n) is 22.2. The number of nitriles is 1. The van der Waals surface area contributed by atoms with E-state index in [2.05, 4.69) is 21.4 Å². The van der Waals surface area contributed by atoms with E-state index < -0.39 is 12.1 Å². The second-order valence-corrected chi connectivity index (χ2v) is 10.2. The number of nitrogens with one attached hydrogen (secondary N) is 1. The number of amides is 3. The first-order valence-electron chi connectivity index (χ1n) is 13.3. The van der Waals surface area contributed by atoms with Gasteiger partial charge < -0.3 is 14.4 Å². The lowest BCUT2D eigenvalue weighted by Crippen LogP contribution is -2.40. The first-order chi connectivity index (χ1) is 18.9. The second kappa shape index (κ2) is 11.5. The minimum absolute atomic E-state index is 0.0996. The lowest BCUT2D eigenvalue weighted by atomic mass is 9.77. The van der Waals surface area contributed by atoms with Crippen molar-refractivity contribution in [2.45, 2.75) is 57.3 Å². The molecule has 1 N–H and O–H groups in total. The van der Waals surface area contributed by atoms with Crippen LogP contribution < -0.4 is 10.2 Å². The van der Waals surface area contributed by atoms with Crippen molar-refractivity contribution >= 4 is 29.9 Å². The van der Waals surface area contributed by atoms with Crippen molar-refractivity contribution in [3.63, 3.8) is 0 Å². The SMILES string of the molecule is CO[C@H]1CCN(Cc2cc3c(nc2C=O)N(C(=O)Nc2cc(C[C@@H]4CC[C@H]4OC)c(C#N)cn2)CCC3)C1=O. The number of likely N-dealkylation sites (tertiary alicyclic amines) is 1. The molecule has 11 heteroatoms. The van der Waals surface area contributed by atoms with Crippen LogP contribution in [0.5, 0.6) is 0 Å². The van der Waals surface area contributed by atoms with E-state index in [1.54, 1.807) is 18.1 Å². The van der Waals surface area contributed by atoms with E-state index in [0.29, 0.717) is 67.3 Å². The summed E-state index contributed by atoms with van der Waals surface area (Å²) in [7, 11) is 3.22. The minimum Gasteiger partial charge on any atom is -0.381 e. The molecule has 0 unspecified atom stereocenters. The Morgan fingerprint density at radius 3 is 2.72 bits per heavy atom. The van der Waals surface area contributed by atoms with Crippen LogP contribution in [0.25, 0.3) is 0 Å². The Morgan fingerprint density at radius 1 is 1.21 bits per heavy atom. The van der Waals surface area contributed by atoms with Crippen LogP contribution in [-0.2, 0) is 33.7 Å². The van der Waals surface area contributed by atoms with Gasteiger partial charge in [-0.2, -0.15) is 5.26 Å². The number of methoxy groups -OCH3 is 2. The van der Waals surface area contributed by atoms with Crippen molar-refractivity contribution in [2.75, 3.05) is 37.5 Å². The maximum atomic E-state index is 13.4. The molecule has 0 bridgehead atoms. The first-order valence-corrected chi connectivity index (χ1v) is 13.3. The molecular formula is C28H32N6O5. The quantitative estimate of drug-likeness (QED) is 0.512. The van der Waals surface area contributed by atoms with E-state index >= 15 is 0 Å². The number of ether oxygens (including phenoxy) is 2. The van der Waals surface area contributed by atoms with E-state index in [1.807, 2.05) is 6.07 Å². The average Bonchev–Trinajstić information content (AvgIpc) is 3.29. The highest BCUT2D eigenvalue weighted by Gasteiger charge is 2.34. The number of nitrogens with zero attached hydrogens (tertiary/aromatic N) is 5. The summed E-state index contributed by atoms with van der Waals surface area (Å²) in [5, 5.41) is 12.4. The van der Waals surface area contributed by atoms with Crippen LogP contribution in [0.4, 0.5) is 16.4 Å². The summed E-state index contributed by atoms with van der Waals surface area (Å²) in [5.41, 5.74) is 3.01. The van der Waals surface area contributed by atoms with Crippen LogP contribution in [0.3, 0.4) is 0 Å². The standard InChI is InChI=1S/C28H32N6O5/c1-38-23-6-5-17(23)10-19-12-25(30-14-21(19)13-29)32-28(37)34-8-3-4-18-11-20(22(16-35)31-26(18)34)15-33-9-7-24(39-2)27(33)36/h11-12,14,16-17,23-24H,3-10,15H2,1-2H3,(H,30,32,37)/t17-,23+,24-/m0/s1. The van der Waals surface area contributed by atoms with E-state index in [1.165, 1.54) is 18.2 Å². The average molecular weight is 533 g/mol. The molecule has 3 aliphatic rings. The van der Waals surface area contributed by atoms with Gasteiger partial charge in [-0.1, -0.05) is 0 Å². The van der Waals surface area contributed by atoms with Gasteiger partial charge in [0.1, 0.15) is 29.5 Å². The Balaban J connectivity index is 1.34. The molecule has 0 radical (unpaired) electrons. The van der Waals surface area contributed by atoms with Crippen molar-refractivity contribution < 1.29 is 23.9 Å². The molecule has 1 aliphatic carbocycles. The summed E-state index contributed by atoms with van der Waals surface area (Å²) in [6.45, 7) is 1.25. The van der Waals surface area contributed by atoms with Crippen LogP contribution in [0, 0.1) is 17.2 Å². The molecule has 1 saturated heterocycles. The molecule has 2 fully saturated rings. The highest BCUT2D eigenvalue weighted by molar-refractivity contribution is 6.01. The summed E-state index contributed by atoms with van der Waals surface area (Å²) in [5.74, 6) is 1.01. The number of aryl methyl sites for hydroxylation is 1. The lowest BCUT2D eigenvalue weighted by Gasteiger charge is -2.35. The smallest absolute Gasteiger partial charge is 0.328 e. The van der Waals surface area contributed by atoms with Gasteiger partial charge in [0.25, 0.3) is 5.91 Å². The van der Waals surface area contributed by atoms with Gasteiger partial charge in [-0.15, -0.1) is 0 Å². The minimum atomic E-state index is -0.457. The van der Waals surface area contributed by atoms with Gasteiger partial charge in [-0.3, -0.25) is 19.8 Å². The summed E-state index contributed by atoms with van der Waals surface area (Å²) in [6.07, 6.45) is 6.62. The molecule has 0 aromatic carbocycles. The molecule has 39 heavy (non-hydrogen) atoms. The third kappa shape index (κ3) is 5.35. The van der Waals surface area contributed by atoms with Crippen molar-refractivity contribution in [1.29, 1.82) is 5.26 Å². The van der Waals surface area contributed by atoms with Gasteiger partial charge in [0.2, 0.25) is 0 Å². The summed E-state index contributed by atoms with van der Waals surface area (Å²) < 4.78 is 10.7. The number of carbonyl (C=O) groups is 3. The monoisotopic (exact) mass is 532 g/mol. The number of fused-ring (bicyclic) bond motifs is 1. The van der Waals surface area contributed by atoms with Crippen LogP contribution in [-0.4, -0.2) is 72.6 Å². The molecule has 0 spiro atoms. The molecule has 204 valence electrons. The number of carbonyl (C=O) groups excluding carboxylic acids is 3. The molecule has 4 heterocycles. The third-order valence-corrected chi connectivity index (χ3v) is 8.00. The summed E-state index contributed by atoms with van der Waals surface area (Å²) in [6, 6.07) is 5.41. The molecule has 2 aromatic rings. The number of aldehydes is 1. The van der Waals surface area contributed by atoms with Crippen molar-refractivity contribution in [3.8, 4) is 6.07 Å². The van der Waals surface area contributed by atoms with Gasteiger partial charge in [0.05, 0.1) is 11.7 Å². The predicted octanol–water partition coefficient (Wildman–Crippen LogP) is 2.86. The van der Waals surface area contributed by atoms with Gasteiger partial charge >= 0.3 is 6.03 Å². The number of aromatic nitrogens is 2. The maximum Gasteiger partial charge on any atom is 0.328 e. The van der Waals surface area contributed by atoms with Gasteiger partial charge in [0.15, 0.2) is 6.29 Å². The molecule has 3 amide bonds. The van der Waals surface area contributed by atoms with Gasteiger partial charge in [-0.05, 0) is 61.3 Å². The van der Waals surface area contributed by atoms with Crippen LogP contribution in [0.2, 0.25) is 0 Å². The van der Waals surface area contributed by atoms with E-state index in [-0.39, 0.29) is 24.2 Å². The number of pyridine rings is 2. The normalized spacial score (nSPS) is 22.2. The van der Waals surface area contributed by atoms with Crippen molar-refractivity contribution in [1.82, 2.24) is 14.9 Å². The second-order valence-electron chi connectivity index (χ2n) is 10.2. The number of anilines is 2. The van der Waals surface area contributed by atoms with E-state index in [0.717, 1.165) is 30.4 Å². The molecule has 11 nitrogen and oxygen atoms in total. The first kappa shape index (κ1) is 26.7. The topological polar surface area (TPSA) is 138 Å². The Bertz CT molecular complexity index is 1320. The fourth-order valence-electron chi connectivity index (χ4n) is 5.65. The van der Waals surface area contributed by atoms with Crippen molar-refractivity contribution in [2.24, 2.45) is 5.92 Å². The fourth-order valence-corrected chi connectivity index (χ4v) is 5.65. The zero-order valence-corrected chi connectivity index (χ0v) is 22.2. The van der Waals surface area contributed by atoms with Crippen LogP contribution in [0.15, 0.2) is 18.3 Å². The largest absolute Gasteiger partial charge is 0.381 e. The zero-order chi connectivity index (χ0) is 27.5. The fraction of sp³-hybridized carbons (Fsp3) is 0.500. The lowest BCUT2D eigenvalue weighted by molar-refractivity contribution is -0.136. The van der Waals surface area contributed by atoms with Crippen LogP contribution >= 0.6 is 0 Å². The summed E-state index contributed by atoms with van der Waals surface area (Å²) in [4.78, 5) is 49.9. The molecule has 1 saturated carbocycles. The Morgan fingerprint density at radius 2 is 2.05 bits per heavy atom. The number of rotatable bonds is 8. The molecule has 2 aliphatic heterocycles. The highest BCUT2D eigenvalue weighted by atomic mass is 16.5. The Kier molecular flexibility index (Phi) is 7.86. The highest BCUT2D eigenvalue weighted by Crippen LogP contribution is 2.34. The predicted molar refractivity (Wildman–Crippen MR) is 141 cm³/mol. The molecule has 5 rings (SSSR count). The summed E-state index contributed by atoms with van der Waals surface area (Å²) >= 11 is 0. The van der Waals surface area contributed by atoms with E-state index in [9.17, 15) is 19.6 Å². The molecule has 2 aromatic heterocycles. The van der Waals surface area contributed by atoms with E-state index in [4.69, 9.17) is 9.47 Å². The van der Waals surface area contributed by atoms with Crippen LogP contribution in [0.1, 0.15) is 58.4 Å². The number of hydrogen-bond acceptors (Lipinski definition) is 8. The number of urea groups is 1. The van der Waals surface area contributed by atoms with Gasteiger partial charge in [-0.25, -0.2) is 14.8 Å². The van der Waals surface area contributed by atoms with Gasteiger partial charge in [0, 0.05) is 52.0 Å². The molecule has 3 atom stereocenters. The third-order valence-electron chi connectivity index (χ3n) is 8.00. The molecular weight excluding hydrogens is 500 g/mol. The number of hydrogen-bond donors (Lipinski definition) is 1. The Hall–Kier alpha value is -3.88. The van der Waals surface area contributed by atoms with Crippen molar-refractivity contribution in [3.05, 3.63) is 46.3 Å². The Labute approximate surface area is 227 Å².